The molecule has 72 valence electrons. The topological polar surface area (TPSA) is 116 Å². The second-order valence-electron chi connectivity index (χ2n) is 2.81. The number of aliphatic hydroxyl groups excluding tert-OH is 4. The highest BCUT2D eigenvalue weighted by Crippen LogP contribution is 2.17. The van der Waals surface area contributed by atoms with Crippen LogP contribution in [-0.2, 0) is 4.74 Å². The van der Waals surface area contributed by atoms with Crippen LogP contribution in [0.2, 0.25) is 0 Å². The molecule has 1 heterocycles. The van der Waals surface area contributed by atoms with Crippen molar-refractivity contribution in [2.24, 2.45) is 5.73 Å². The summed E-state index contributed by atoms with van der Waals surface area (Å²) in [5, 5.41) is 36.1. The predicted molar refractivity (Wildman–Crippen MR) is 38.0 cm³/mol. The van der Waals surface area contributed by atoms with Crippen LogP contribution in [0.25, 0.3) is 0 Å². The molecule has 0 amide bonds. The lowest BCUT2D eigenvalue weighted by atomic mass is 9.98. The van der Waals surface area contributed by atoms with Gasteiger partial charge in [-0.3, -0.25) is 0 Å². The minimum atomic E-state index is -1.35. The molecule has 0 aliphatic carbocycles. The maximum atomic E-state index is 9.20. The van der Waals surface area contributed by atoms with Gasteiger partial charge in [0.15, 0.2) is 6.29 Å². The molecule has 1 aliphatic rings. The lowest BCUT2D eigenvalue weighted by molar-refractivity contribution is -0.248. The first-order valence-electron chi connectivity index (χ1n) is 3.64. The van der Waals surface area contributed by atoms with E-state index in [1.54, 1.807) is 0 Å². The van der Waals surface area contributed by atoms with Crippen LogP contribution in [-0.4, -0.2) is 57.7 Å². The van der Waals surface area contributed by atoms with Gasteiger partial charge < -0.3 is 30.9 Å². The van der Waals surface area contributed by atoms with Crippen molar-refractivity contribution in [2.75, 3.05) is 6.61 Å². The minimum Gasteiger partial charge on any atom is -0.394 e. The molecule has 12 heavy (non-hydrogen) atoms. The number of ether oxygens (including phenoxy) is 1. The Morgan fingerprint density at radius 3 is 2.25 bits per heavy atom. The summed E-state index contributed by atoms with van der Waals surface area (Å²) in [7, 11) is 0. The second kappa shape index (κ2) is 3.65. The third-order valence-corrected chi connectivity index (χ3v) is 1.95. The van der Waals surface area contributed by atoms with E-state index in [2.05, 4.69) is 0 Å². The molecule has 0 radical (unpaired) electrons. The minimum absolute atomic E-state index is 0.470. The molecule has 0 bridgehead atoms. The van der Waals surface area contributed by atoms with E-state index in [9.17, 15) is 10.2 Å². The van der Waals surface area contributed by atoms with E-state index < -0.39 is 37.3 Å². The molecule has 6 N–H and O–H groups in total. The number of rotatable bonds is 1. The molecule has 1 rings (SSSR count). The third kappa shape index (κ3) is 1.58. The van der Waals surface area contributed by atoms with E-state index in [-0.39, 0.29) is 0 Å². The van der Waals surface area contributed by atoms with Crippen molar-refractivity contribution in [3.8, 4) is 0 Å². The second-order valence-corrected chi connectivity index (χ2v) is 2.81. The van der Waals surface area contributed by atoms with Crippen LogP contribution in [0.15, 0.2) is 0 Å². The van der Waals surface area contributed by atoms with Crippen molar-refractivity contribution in [3.05, 3.63) is 0 Å². The first kappa shape index (κ1) is 9.85. The van der Waals surface area contributed by atoms with E-state index in [1.807, 2.05) is 0 Å². The zero-order valence-corrected chi connectivity index (χ0v) is 6.37. The molecule has 5 atom stereocenters. The standard InChI is InChI=1S/C6H13NO5/c7-3-5(10)4(9)2(1-8)12-6(3)11/h2-6,8-11H,1,7H2/t2?,3?,4?,5-,6-/m0/s1. The van der Waals surface area contributed by atoms with Gasteiger partial charge in [-0.2, -0.15) is 0 Å². The fourth-order valence-corrected chi connectivity index (χ4v) is 1.12. The molecule has 3 unspecified atom stereocenters. The Balaban J connectivity index is 2.63. The Kier molecular flexibility index (Phi) is 2.99. The highest BCUT2D eigenvalue weighted by molar-refractivity contribution is 4.90. The predicted octanol–water partition coefficient (Wildman–Crippen LogP) is -3.26. The molecule has 1 saturated heterocycles. The summed E-state index contributed by atoms with van der Waals surface area (Å²) in [6, 6.07) is -1.04. The van der Waals surface area contributed by atoms with Gasteiger partial charge in [-0.15, -0.1) is 0 Å². The average Bonchev–Trinajstić information content (AvgIpc) is 2.08. The molecule has 0 aromatic heterocycles. The van der Waals surface area contributed by atoms with Crippen LogP contribution in [0, 0.1) is 0 Å². The van der Waals surface area contributed by atoms with E-state index in [0.29, 0.717) is 0 Å². The smallest absolute Gasteiger partial charge is 0.173 e. The van der Waals surface area contributed by atoms with Crippen molar-refractivity contribution >= 4 is 0 Å². The van der Waals surface area contributed by atoms with Gasteiger partial charge in [-0.25, -0.2) is 0 Å². The maximum absolute atomic E-state index is 9.20. The lowest BCUT2D eigenvalue weighted by Crippen LogP contribution is -2.61. The molecule has 0 saturated carbocycles. The van der Waals surface area contributed by atoms with Crippen molar-refractivity contribution < 1.29 is 25.2 Å². The fraction of sp³-hybridized carbons (Fsp3) is 1.00. The summed E-state index contributed by atoms with van der Waals surface area (Å²) < 4.78 is 4.70. The van der Waals surface area contributed by atoms with Gasteiger partial charge >= 0.3 is 0 Å². The van der Waals surface area contributed by atoms with Crippen LogP contribution in [0.1, 0.15) is 0 Å². The summed E-state index contributed by atoms with van der Waals surface area (Å²) in [5.41, 5.74) is 5.26. The number of hydrogen-bond acceptors (Lipinski definition) is 6. The molecule has 1 fully saturated rings. The first-order chi connectivity index (χ1) is 5.57. The van der Waals surface area contributed by atoms with E-state index in [1.165, 1.54) is 0 Å². The SMILES string of the molecule is NC1[C@H](O)C(O)C(CO)O[C@@H]1O. The number of hydrogen-bond donors (Lipinski definition) is 5. The molecule has 1 aliphatic heterocycles. The van der Waals surface area contributed by atoms with Gasteiger partial charge in [0.2, 0.25) is 0 Å². The monoisotopic (exact) mass is 179 g/mol. The van der Waals surface area contributed by atoms with Crippen LogP contribution < -0.4 is 5.73 Å². The van der Waals surface area contributed by atoms with Crippen LogP contribution in [0.3, 0.4) is 0 Å². The van der Waals surface area contributed by atoms with Gasteiger partial charge in [-0.05, 0) is 0 Å². The van der Waals surface area contributed by atoms with Gasteiger partial charge in [0.1, 0.15) is 18.3 Å². The lowest BCUT2D eigenvalue weighted by Gasteiger charge is -2.38. The highest BCUT2D eigenvalue weighted by atomic mass is 16.6. The number of nitrogens with two attached hydrogens (primary N) is 1. The van der Waals surface area contributed by atoms with Crippen LogP contribution in [0.5, 0.6) is 0 Å². The fourth-order valence-electron chi connectivity index (χ4n) is 1.12. The Morgan fingerprint density at radius 2 is 1.75 bits per heavy atom. The molecule has 0 aromatic carbocycles. The highest BCUT2D eigenvalue weighted by Gasteiger charge is 2.41. The molecule has 6 nitrogen and oxygen atoms in total. The largest absolute Gasteiger partial charge is 0.394 e. The Bertz CT molecular complexity index is 150. The van der Waals surface area contributed by atoms with Gasteiger partial charge in [0.25, 0.3) is 0 Å². The molecule has 0 aromatic rings. The average molecular weight is 179 g/mol. The van der Waals surface area contributed by atoms with E-state index in [0.717, 1.165) is 0 Å². The van der Waals surface area contributed by atoms with Gasteiger partial charge in [0, 0.05) is 0 Å². The summed E-state index contributed by atoms with van der Waals surface area (Å²) in [4.78, 5) is 0. The molecular weight excluding hydrogens is 166 g/mol. The Hall–Kier alpha value is -0.240. The normalized spacial score (nSPS) is 49.2. The quantitative estimate of drug-likeness (QED) is 0.288. The Labute approximate surface area is 69.2 Å². The zero-order chi connectivity index (χ0) is 9.30. The Morgan fingerprint density at radius 1 is 1.17 bits per heavy atom. The summed E-state index contributed by atoms with van der Waals surface area (Å²) in [6.07, 6.45) is -4.85. The summed E-state index contributed by atoms with van der Waals surface area (Å²) in [6.45, 7) is -0.470. The first-order valence-corrected chi connectivity index (χ1v) is 3.64. The van der Waals surface area contributed by atoms with Gasteiger partial charge in [-0.1, -0.05) is 0 Å². The van der Waals surface area contributed by atoms with Gasteiger partial charge in [0.05, 0.1) is 12.6 Å². The molecule has 6 heteroatoms. The summed E-state index contributed by atoms with van der Waals surface area (Å²) >= 11 is 0. The van der Waals surface area contributed by atoms with Crippen molar-refractivity contribution in [3.63, 3.8) is 0 Å². The third-order valence-electron chi connectivity index (χ3n) is 1.95. The van der Waals surface area contributed by atoms with E-state index >= 15 is 0 Å². The molecule has 0 spiro atoms. The summed E-state index contributed by atoms with van der Waals surface area (Å²) in [5.74, 6) is 0. The van der Waals surface area contributed by atoms with Crippen LogP contribution >= 0.6 is 0 Å². The van der Waals surface area contributed by atoms with E-state index in [4.69, 9.17) is 20.7 Å². The number of aliphatic hydroxyl groups is 4. The van der Waals surface area contributed by atoms with Crippen molar-refractivity contribution in [2.45, 2.75) is 30.6 Å². The molecular formula is C6H13NO5. The maximum Gasteiger partial charge on any atom is 0.173 e. The van der Waals surface area contributed by atoms with Crippen LogP contribution in [0.4, 0.5) is 0 Å². The van der Waals surface area contributed by atoms with Crippen molar-refractivity contribution in [1.82, 2.24) is 0 Å². The van der Waals surface area contributed by atoms with Crippen molar-refractivity contribution in [1.29, 1.82) is 0 Å². The zero-order valence-electron chi connectivity index (χ0n) is 6.37.